The average molecular weight is 419 g/mol. The van der Waals surface area contributed by atoms with Crippen molar-refractivity contribution in [2.24, 2.45) is 0 Å². The number of anilines is 1. The number of ether oxygens (including phenoxy) is 1. The summed E-state index contributed by atoms with van der Waals surface area (Å²) in [6.45, 7) is 0.254. The number of aromatic nitrogens is 2. The second-order valence-electron chi connectivity index (χ2n) is 6.06. The number of para-hydroxylation sites is 1. The number of benzene rings is 2. The summed E-state index contributed by atoms with van der Waals surface area (Å²) in [7, 11) is 0. The first-order chi connectivity index (χ1) is 13.6. The second-order valence-corrected chi connectivity index (χ2v) is 8.25. The van der Waals surface area contributed by atoms with E-state index >= 15 is 0 Å². The fourth-order valence-electron chi connectivity index (χ4n) is 2.93. The first-order valence-corrected chi connectivity index (χ1v) is 10.2. The van der Waals surface area contributed by atoms with Gasteiger partial charge in [-0.25, -0.2) is 0 Å². The summed E-state index contributed by atoms with van der Waals surface area (Å²) >= 11 is 1.29. The van der Waals surface area contributed by atoms with Crippen molar-refractivity contribution in [3.63, 3.8) is 0 Å². The number of carbonyl (C=O) groups excluding carboxylic acids is 1. The fourth-order valence-corrected chi connectivity index (χ4v) is 4.39. The summed E-state index contributed by atoms with van der Waals surface area (Å²) in [6.07, 6.45) is -0.228. The Morgan fingerprint density at radius 3 is 2.68 bits per heavy atom. The fraction of sp³-hybridized carbons (Fsp3) is 0.211. The van der Waals surface area contributed by atoms with Crippen LogP contribution in [-0.2, 0) is 17.8 Å². The van der Waals surface area contributed by atoms with Crippen LogP contribution in [0.2, 0.25) is 0 Å². The highest BCUT2D eigenvalue weighted by Gasteiger charge is 2.34. The molecule has 5 nitrogen and oxygen atoms in total. The molecule has 1 aliphatic heterocycles. The lowest BCUT2D eigenvalue weighted by Crippen LogP contribution is -2.41. The van der Waals surface area contributed by atoms with E-state index in [-0.39, 0.29) is 21.9 Å². The standard InChI is InChI=1S/C19H15F2N3O2S2/c20-17(21)27-19-23-22-18(28-19)24(11-12-6-2-1-3-7-12)16(25)15-10-13-8-4-5-9-14(13)26-15/h1-9,15,17H,10-11H2/t15-/m1/s1. The van der Waals surface area contributed by atoms with Crippen LogP contribution in [0.3, 0.4) is 0 Å². The van der Waals surface area contributed by atoms with Gasteiger partial charge in [-0.15, -0.1) is 10.2 Å². The number of nitrogens with zero attached hydrogens (tertiary/aromatic N) is 3. The normalized spacial score (nSPS) is 15.3. The van der Waals surface area contributed by atoms with E-state index in [0.29, 0.717) is 23.9 Å². The topological polar surface area (TPSA) is 55.3 Å². The van der Waals surface area contributed by atoms with Gasteiger partial charge in [-0.2, -0.15) is 8.78 Å². The van der Waals surface area contributed by atoms with Gasteiger partial charge >= 0.3 is 0 Å². The summed E-state index contributed by atoms with van der Waals surface area (Å²) in [5, 5.41) is 8.03. The Bertz CT molecular complexity index is 944. The van der Waals surface area contributed by atoms with E-state index in [9.17, 15) is 13.6 Å². The Hall–Kier alpha value is -2.52. The molecule has 3 aromatic rings. The van der Waals surface area contributed by atoms with Gasteiger partial charge in [-0.05, 0) is 29.0 Å². The van der Waals surface area contributed by atoms with Gasteiger partial charge in [0, 0.05) is 6.42 Å². The molecule has 0 fully saturated rings. The van der Waals surface area contributed by atoms with Crippen LogP contribution in [-0.4, -0.2) is 28.0 Å². The van der Waals surface area contributed by atoms with E-state index in [1.807, 2.05) is 54.6 Å². The lowest BCUT2D eigenvalue weighted by atomic mass is 10.1. The van der Waals surface area contributed by atoms with Crippen molar-refractivity contribution in [3.05, 3.63) is 65.7 Å². The third-order valence-electron chi connectivity index (χ3n) is 4.19. The molecule has 4 rings (SSSR count). The summed E-state index contributed by atoms with van der Waals surface area (Å²) < 4.78 is 31.2. The molecule has 0 N–H and O–H groups in total. The highest BCUT2D eigenvalue weighted by atomic mass is 32.2. The molecule has 0 spiro atoms. The van der Waals surface area contributed by atoms with E-state index in [0.717, 1.165) is 22.5 Å². The molecule has 1 atom stereocenters. The van der Waals surface area contributed by atoms with Crippen molar-refractivity contribution in [3.8, 4) is 5.75 Å². The van der Waals surface area contributed by atoms with Gasteiger partial charge < -0.3 is 4.74 Å². The Morgan fingerprint density at radius 1 is 1.18 bits per heavy atom. The van der Waals surface area contributed by atoms with Crippen molar-refractivity contribution < 1.29 is 18.3 Å². The summed E-state index contributed by atoms with van der Waals surface area (Å²) in [4.78, 5) is 14.7. The highest BCUT2D eigenvalue weighted by molar-refractivity contribution is 8.01. The minimum atomic E-state index is -2.59. The summed E-state index contributed by atoms with van der Waals surface area (Å²) in [5.41, 5.74) is 1.86. The first kappa shape index (κ1) is 18.8. The maximum atomic E-state index is 13.2. The molecular formula is C19H15F2N3O2S2. The van der Waals surface area contributed by atoms with Crippen LogP contribution in [0.5, 0.6) is 5.75 Å². The number of carbonyl (C=O) groups is 1. The lowest BCUT2D eigenvalue weighted by molar-refractivity contribution is -0.124. The van der Waals surface area contributed by atoms with E-state index in [4.69, 9.17) is 4.74 Å². The number of hydrogen-bond acceptors (Lipinski definition) is 6. The van der Waals surface area contributed by atoms with Gasteiger partial charge in [-0.1, -0.05) is 59.9 Å². The number of halogens is 2. The van der Waals surface area contributed by atoms with Gasteiger partial charge in [0.2, 0.25) is 5.13 Å². The van der Waals surface area contributed by atoms with Crippen molar-refractivity contribution in [2.75, 3.05) is 4.90 Å². The summed E-state index contributed by atoms with van der Waals surface area (Å²) in [6, 6.07) is 16.9. The molecule has 28 heavy (non-hydrogen) atoms. The largest absolute Gasteiger partial charge is 0.480 e. The molecule has 0 saturated heterocycles. The zero-order valence-corrected chi connectivity index (χ0v) is 16.1. The Labute approximate surface area is 168 Å². The molecule has 1 aliphatic rings. The Balaban J connectivity index is 1.59. The van der Waals surface area contributed by atoms with Crippen LogP contribution < -0.4 is 9.64 Å². The monoisotopic (exact) mass is 419 g/mol. The average Bonchev–Trinajstić information content (AvgIpc) is 3.32. The molecule has 0 bridgehead atoms. The second kappa shape index (κ2) is 8.24. The van der Waals surface area contributed by atoms with Crippen LogP contribution in [0.4, 0.5) is 13.9 Å². The maximum Gasteiger partial charge on any atom is 0.291 e. The Morgan fingerprint density at radius 2 is 1.93 bits per heavy atom. The Kier molecular flexibility index (Phi) is 5.54. The SMILES string of the molecule is O=C([C@H]1Cc2ccccc2O1)N(Cc1ccccc1)c1nnc(SC(F)F)s1. The predicted molar refractivity (Wildman–Crippen MR) is 104 cm³/mol. The molecule has 0 saturated carbocycles. The van der Waals surface area contributed by atoms with Gasteiger partial charge in [0.15, 0.2) is 10.4 Å². The quantitative estimate of drug-likeness (QED) is 0.438. The molecule has 2 aromatic carbocycles. The smallest absolute Gasteiger partial charge is 0.291 e. The number of amides is 1. The van der Waals surface area contributed by atoms with E-state index < -0.39 is 11.9 Å². The zero-order chi connectivity index (χ0) is 19.5. The van der Waals surface area contributed by atoms with E-state index in [2.05, 4.69) is 10.2 Å². The predicted octanol–water partition coefficient (Wildman–Crippen LogP) is 4.39. The zero-order valence-electron chi connectivity index (χ0n) is 14.5. The molecule has 9 heteroatoms. The van der Waals surface area contributed by atoms with E-state index in [1.165, 1.54) is 4.90 Å². The minimum absolute atomic E-state index is 0.117. The van der Waals surface area contributed by atoms with Crippen molar-refractivity contribution in [1.82, 2.24) is 10.2 Å². The van der Waals surface area contributed by atoms with Crippen molar-refractivity contribution in [1.29, 1.82) is 0 Å². The van der Waals surface area contributed by atoms with E-state index in [1.54, 1.807) is 0 Å². The maximum absolute atomic E-state index is 13.2. The number of fused-ring (bicyclic) bond motifs is 1. The third kappa shape index (κ3) is 4.15. The summed E-state index contributed by atoms with van der Waals surface area (Å²) in [5.74, 6) is -2.18. The third-order valence-corrected chi connectivity index (χ3v) is 5.93. The van der Waals surface area contributed by atoms with Crippen molar-refractivity contribution >= 4 is 34.1 Å². The van der Waals surface area contributed by atoms with Crippen LogP contribution in [0.25, 0.3) is 0 Å². The van der Waals surface area contributed by atoms with Crippen LogP contribution in [0.1, 0.15) is 11.1 Å². The lowest BCUT2D eigenvalue weighted by Gasteiger charge is -2.22. The molecular weight excluding hydrogens is 404 g/mol. The molecule has 0 aliphatic carbocycles. The number of thioether (sulfide) groups is 1. The van der Waals surface area contributed by atoms with Crippen LogP contribution >= 0.6 is 23.1 Å². The minimum Gasteiger partial charge on any atom is -0.480 e. The first-order valence-electron chi connectivity index (χ1n) is 8.48. The molecule has 1 aromatic heterocycles. The molecule has 144 valence electrons. The van der Waals surface area contributed by atoms with Gasteiger partial charge in [0.1, 0.15) is 5.75 Å². The van der Waals surface area contributed by atoms with Gasteiger partial charge in [0.05, 0.1) is 6.54 Å². The van der Waals surface area contributed by atoms with Crippen molar-refractivity contribution in [2.45, 2.75) is 29.2 Å². The van der Waals surface area contributed by atoms with Crippen LogP contribution in [0, 0.1) is 0 Å². The number of rotatable bonds is 6. The van der Waals surface area contributed by atoms with Crippen LogP contribution in [0.15, 0.2) is 58.9 Å². The molecule has 0 radical (unpaired) electrons. The van der Waals surface area contributed by atoms with Gasteiger partial charge in [0.25, 0.3) is 11.7 Å². The number of hydrogen-bond donors (Lipinski definition) is 0. The molecule has 2 heterocycles. The molecule has 0 unspecified atom stereocenters. The van der Waals surface area contributed by atoms with Gasteiger partial charge in [-0.3, -0.25) is 9.69 Å². The molecule has 1 amide bonds. The number of alkyl halides is 2. The highest BCUT2D eigenvalue weighted by Crippen LogP contribution is 2.34.